The maximum Gasteiger partial charge on any atom is 0.270 e. The number of likely N-dealkylation sites (N-methyl/N-ethyl adjacent to an activating group) is 1. The van der Waals surface area contributed by atoms with Crippen LogP contribution in [0.4, 0.5) is 5.69 Å². The van der Waals surface area contributed by atoms with E-state index in [2.05, 4.69) is 4.99 Å². The summed E-state index contributed by atoms with van der Waals surface area (Å²) in [7, 11) is 0.562. The number of non-ortho nitro benzene ring substituents is 1. The third kappa shape index (κ3) is 3.85. The minimum absolute atomic E-state index is 0.0119. The number of nitro groups is 1. The molecule has 0 spiro atoms. The van der Waals surface area contributed by atoms with Crippen LogP contribution in [0.25, 0.3) is 0 Å². The van der Waals surface area contributed by atoms with Crippen molar-refractivity contribution in [3.63, 3.8) is 0 Å². The van der Waals surface area contributed by atoms with E-state index in [1.807, 2.05) is 19.0 Å². The number of rotatable bonds is 4. The van der Waals surface area contributed by atoms with Gasteiger partial charge in [-0.1, -0.05) is 12.1 Å². The van der Waals surface area contributed by atoms with E-state index >= 15 is 0 Å². The zero-order valence-electron chi connectivity index (χ0n) is 11.8. The molecule has 0 amide bonds. The minimum Gasteiger partial charge on any atom is -0.303 e. The van der Waals surface area contributed by atoms with Gasteiger partial charge in [0.15, 0.2) is 9.84 Å². The van der Waals surface area contributed by atoms with E-state index in [1.165, 1.54) is 18.3 Å². The summed E-state index contributed by atoms with van der Waals surface area (Å²) >= 11 is 0. The van der Waals surface area contributed by atoms with E-state index < -0.39 is 14.8 Å². The molecule has 1 aromatic rings. The lowest BCUT2D eigenvalue weighted by Gasteiger charge is -2.21. The van der Waals surface area contributed by atoms with Gasteiger partial charge in [-0.25, -0.2) is 8.42 Å². The molecule has 1 aliphatic rings. The van der Waals surface area contributed by atoms with E-state index in [0.717, 1.165) is 0 Å². The Balaban J connectivity index is 2.20. The fraction of sp³-hybridized carbons (Fsp3) is 0.462. The molecule has 0 aliphatic carbocycles. The molecule has 1 aromatic carbocycles. The van der Waals surface area contributed by atoms with E-state index in [4.69, 9.17) is 0 Å². The largest absolute Gasteiger partial charge is 0.303 e. The van der Waals surface area contributed by atoms with Gasteiger partial charge in [-0.15, -0.1) is 0 Å². The van der Waals surface area contributed by atoms with Gasteiger partial charge in [0.25, 0.3) is 5.69 Å². The summed E-state index contributed by atoms with van der Waals surface area (Å²) < 4.78 is 23.4. The van der Waals surface area contributed by atoms with Gasteiger partial charge in [-0.2, -0.15) is 0 Å². The summed E-state index contributed by atoms with van der Waals surface area (Å²) in [5.74, 6) is 0.109. The first-order valence-corrected chi connectivity index (χ1v) is 8.25. The SMILES string of the molecule is CN(C)C1CS(=O)(=O)CC1N=Cc1cccc([N+](=O)[O-])c1. The van der Waals surface area contributed by atoms with Gasteiger partial charge in [-0.3, -0.25) is 15.1 Å². The lowest BCUT2D eigenvalue weighted by molar-refractivity contribution is -0.384. The van der Waals surface area contributed by atoms with Crippen molar-refractivity contribution in [2.45, 2.75) is 12.1 Å². The molecular weight excluding hydrogens is 294 g/mol. The first kappa shape index (κ1) is 15.6. The highest BCUT2D eigenvalue weighted by Crippen LogP contribution is 2.20. The maximum atomic E-state index is 11.7. The molecule has 21 heavy (non-hydrogen) atoms. The molecule has 8 heteroatoms. The average Bonchev–Trinajstić information content (AvgIpc) is 2.72. The van der Waals surface area contributed by atoms with Crippen molar-refractivity contribution in [3.8, 4) is 0 Å². The van der Waals surface area contributed by atoms with Gasteiger partial charge in [0.05, 0.1) is 22.5 Å². The lowest BCUT2D eigenvalue weighted by Crippen LogP contribution is -2.37. The van der Waals surface area contributed by atoms with Crippen LogP contribution in [-0.2, 0) is 9.84 Å². The molecule has 0 N–H and O–H groups in total. The van der Waals surface area contributed by atoms with E-state index in [0.29, 0.717) is 5.56 Å². The minimum atomic E-state index is -3.08. The normalized spacial score (nSPS) is 24.7. The molecule has 1 saturated heterocycles. The molecule has 1 fully saturated rings. The highest BCUT2D eigenvalue weighted by molar-refractivity contribution is 7.91. The molecule has 114 valence electrons. The van der Waals surface area contributed by atoms with Gasteiger partial charge in [0, 0.05) is 24.4 Å². The average molecular weight is 311 g/mol. The number of sulfone groups is 1. The summed E-state index contributed by atoms with van der Waals surface area (Å²) in [6.07, 6.45) is 1.51. The monoisotopic (exact) mass is 311 g/mol. The summed E-state index contributed by atoms with van der Waals surface area (Å²) in [5.41, 5.74) is 0.577. The number of aliphatic imine (C=N–C) groups is 1. The third-order valence-corrected chi connectivity index (χ3v) is 5.15. The highest BCUT2D eigenvalue weighted by Gasteiger charge is 2.38. The van der Waals surface area contributed by atoms with Gasteiger partial charge < -0.3 is 4.90 Å². The summed E-state index contributed by atoms with van der Waals surface area (Å²) in [6.45, 7) is 0. The smallest absolute Gasteiger partial charge is 0.270 e. The maximum absolute atomic E-state index is 11.7. The van der Waals surface area contributed by atoms with Crippen LogP contribution in [0.1, 0.15) is 5.56 Å². The van der Waals surface area contributed by atoms with Crippen LogP contribution in [0.3, 0.4) is 0 Å². The van der Waals surface area contributed by atoms with Gasteiger partial charge >= 0.3 is 0 Å². The van der Waals surface area contributed by atoms with Crippen LogP contribution in [0.5, 0.6) is 0 Å². The van der Waals surface area contributed by atoms with Crippen molar-refractivity contribution in [1.29, 1.82) is 0 Å². The zero-order chi connectivity index (χ0) is 15.6. The van der Waals surface area contributed by atoms with Crippen LogP contribution >= 0.6 is 0 Å². The van der Waals surface area contributed by atoms with Crippen molar-refractivity contribution < 1.29 is 13.3 Å². The molecule has 7 nitrogen and oxygen atoms in total. The second kappa shape index (κ2) is 5.90. The molecule has 1 heterocycles. The third-order valence-electron chi connectivity index (χ3n) is 3.45. The Morgan fingerprint density at radius 1 is 1.38 bits per heavy atom. The molecule has 2 unspecified atom stereocenters. The molecular formula is C13H17N3O4S. The Bertz CT molecular complexity index is 670. The van der Waals surface area contributed by atoms with Crippen LogP contribution in [-0.4, -0.2) is 62.1 Å². The number of hydrogen-bond donors (Lipinski definition) is 0. The zero-order valence-corrected chi connectivity index (χ0v) is 12.7. The highest BCUT2D eigenvalue weighted by atomic mass is 32.2. The van der Waals surface area contributed by atoms with Gasteiger partial charge in [0.2, 0.25) is 0 Å². The number of nitro benzene ring substituents is 1. The van der Waals surface area contributed by atoms with Crippen molar-refractivity contribution >= 4 is 21.7 Å². The quantitative estimate of drug-likeness (QED) is 0.464. The molecule has 0 bridgehead atoms. The van der Waals surface area contributed by atoms with Crippen molar-refractivity contribution in [2.24, 2.45) is 4.99 Å². The summed E-state index contributed by atoms with van der Waals surface area (Å²) in [4.78, 5) is 16.4. The van der Waals surface area contributed by atoms with Gasteiger partial charge in [0.1, 0.15) is 0 Å². The first-order chi connectivity index (χ1) is 9.78. The van der Waals surface area contributed by atoms with Gasteiger partial charge in [-0.05, 0) is 19.7 Å². The second-order valence-electron chi connectivity index (χ2n) is 5.31. The molecule has 2 rings (SSSR count). The summed E-state index contributed by atoms with van der Waals surface area (Å²) in [6, 6.07) is 5.59. The Hall–Kier alpha value is -1.80. The van der Waals surface area contributed by atoms with E-state index in [-0.39, 0.29) is 29.3 Å². The number of nitrogens with zero attached hydrogens (tertiary/aromatic N) is 3. The Labute approximate surface area is 123 Å². The standard InChI is InChI=1S/C13H17N3O4S/c1-15(2)13-9-21(19,20)8-12(13)14-7-10-4-3-5-11(6-10)16(17)18/h3-7,12-13H,8-9H2,1-2H3. The molecule has 1 aliphatic heterocycles. The Morgan fingerprint density at radius 2 is 2.10 bits per heavy atom. The topological polar surface area (TPSA) is 92.9 Å². The fourth-order valence-electron chi connectivity index (χ4n) is 2.35. The number of benzene rings is 1. The Kier molecular flexibility index (Phi) is 4.38. The molecule has 2 atom stereocenters. The predicted octanol–water partition coefficient (Wildman–Crippen LogP) is 0.741. The van der Waals surface area contributed by atoms with Crippen LogP contribution in [0.2, 0.25) is 0 Å². The molecule has 0 aromatic heterocycles. The molecule has 0 saturated carbocycles. The van der Waals surface area contributed by atoms with Crippen molar-refractivity contribution in [2.75, 3.05) is 25.6 Å². The van der Waals surface area contributed by atoms with Crippen molar-refractivity contribution in [3.05, 3.63) is 39.9 Å². The first-order valence-electron chi connectivity index (χ1n) is 6.43. The van der Waals surface area contributed by atoms with E-state index in [1.54, 1.807) is 12.1 Å². The van der Waals surface area contributed by atoms with Crippen LogP contribution in [0.15, 0.2) is 29.3 Å². The summed E-state index contributed by atoms with van der Waals surface area (Å²) in [5, 5.41) is 10.7. The van der Waals surface area contributed by atoms with Crippen molar-refractivity contribution in [1.82, 2.24) is 4.90 Å². The Morgan fingerprint density at radius 3 is 2.71 bits per heavy atom. The fourth-order valence-corrected chi connectivity index (χ4v) is 4.35. The van der Waals surface area contributed by atoms with E-state index in [9.17, 15) is 18.5 Å². The van der Waals surface area contributed by atoms with Crippen LogP contribution in [0, 0.1) is 10.1 Å². The van der Waals surface area contributed by atoms with Crippen LogP contribution < -0.4 is 0 Å². The number of hydrogen-bond acceptors (Lipinski definition) is 6. The lowest BCUT2D eigenvalue weighted by atomic mass is 10.1. The molecule has 0 radical (unpaired) electrons. The predicted molar refractivity (Wildman–Crippen MR) is 80.6 cm³/mol. The second-order valence-corrected chi connectivity index (χ2v) is 7.46.